The molecular weight excluding hydrogens is 464 g/mol. The fourth-order valence-electron chi connectivity index (χ4n) is 3.53. The van der Waals surface area contributed by atoms with E-state index in [1.165, 1.54) is 17.8 Å². The maximum atomic E-state index is 14.1. The molecule has 2 aliphatic rings. The number of nitrogens with one attached hydrogen (secondary N) is 1. The number of carbonyl (C=O) groups excluding carboxylic acids is 1. The number of rotatable bonds is 9. The van der Waals surface area contributed by atoms with Gasteiger partial charge in [-0.2, -0.15) is 5.10 Å². The molecule has 0 aliphatic carbocycles. The molecule has 0 saturated carbocycles. The van der Waals surface area contributed by atoms with E-state index in [0.717, 1.165) is 0 Å². The number of esters is 1. The first kappa shape index (κ1) is 23.8. The van der Waals surface area contributed by atoms with Crippen molar-refractivity contribution in [2.75, 3.05) is 32.2 Å². The van der Waals surface area contributed by atoms with Gasteiger partial charge in [0.25, 0.3) is 0 Å². The predicted molar refractivity (Wildman–Crippen MR) is 109 cm³/mol. The topological polar surface area (TPSA) is 180 Å². The van der Waals surface area contributed by atoms with Crippen molar-refractivity contribution >= 4 is 25.5 Å². The van der Waals surface area contributed by atoms with Crippen molar-refractivity contribution in [3.63, 3.8) is 0 Å². The lowest BCUT2D eigenvalue weighted by Crippen LogP contribution is -2.48. The lowest BCUT2D eigenvalue weighted by atomic mass is 9.96. The van der Waals surface area contributed by atoms with Gasteiger partial charge in [-0.1, -0.05) is 5.09 Å². The summed E-state index contributed by atoms with van der Waals surface area (Å²) in [5.74, 6) is -0.464. The van der Waals surface area contributed by atoms with Gasteiger partial charge in [0.05, 0.1) is 18.9 Å². The number of aliphatic hydroxyl groups is 2. The lowest BCUT2D eigenvalue weighted by Gasteiger charge is -2.26. The van der Waals surface area contributed by atoms with Crippen molar-refractivity contribution in [1.82, 2.24) is 19.7 Å². The smallest absolute Gasteiger partial charge is 0.456 e. The van der Waals surface area contributed by atoms with E-state index < -0.39 is 57.4 Å². The van der Waals surface area contributed by atoms with E-state index in [4.69, 9.17) is 24.5 Å². The van der Waals surface area contributed by atoms with Crippen LogP contribution in [-0.2, 0) is 28.1 Å². The predicted octanol–water partition coefficient (Wildman–Crippen LogP) is -0.593. The van der Waals surface area contributed by atoms with Crippen LogP contribution in [0.15, 0.2) is 18.5 Å². The number of hydrogen-bond acceptors (Lipinski definition) is 11. The number of alkyl halides is 1. The first-order chi connectivity index (χ1) is 15.8. The van der Waals surface area contributed by atoms with Crippen molar-refractivity contribution in [2.45, 2.75) is 43.0 Å². The third kappa shape index (κ3) is 4.55. The first-order valence-corrected chi connectivity index (χ1v) is 11.3. The zero-order chi connectivity index (χ0) is 23.8. The highest BCUT2D eigenvalue weighted by Crippen LogP contribution is 2.42. The highest BCUT2D eigenvalue weighted by molar-refractivity contribution is 7.36. The molecule has 0 spiro atoms. The van der Waals surface area contributed by atoms with E-state index in [1.54, 1.807) is 12.1 Å². The van der Waals surface area contributed by atoms with Crippen LogP contribution in [0.1, 0.15) is 18.7 Å². The molecule has 180 valence electrons. The van der Waals surface area contributed by atoms with Gasteiger partial charge in [0.15, 0.2) is 11.4 Å². The van der Waals surface area contributed by atoms with Gasteiger partial charge in [-0.25, -0.2) is 13.9 Å². The minimum atomic E-state index is -2.66. The highest BCUT2D eigenvalue weighted by Gasteiger charge is 2.57. The molecule has 6 atom stereocenters. The van der Waals surface area contributed by atoms with E-state index in [-0.39, 0.29) is 11.9 Å². The van der Waals surface area contributed by atoms with Gasteiger partial charge in [-0.05, 0) is 23.6 Å². The molecule has 4 rings (SSSR count). The van der Waals surface area contributed by atoms with E-state index in [0.29, 0.717) is 24.4 Å². The Morgan fingerprint density at radius 1 is 1.48 bits per heavy atom. The number of anilines is 1. The lowest BCUT2D eigenvalue weighted by molar-refractivity contribution is -0.173. The van der Waals surface area contributed by atoms with Crippen LogP contribution >= 0.6 is 8.18 Å². The number of nitrogens with two attached hydrogens (primary N) is 1. The Kier molecular flexibility index (Phi) is 6.86. The van der Waals surface area contributed by atoms with Crippen molar-refractivity contribution in [2.24, 2.45) is 0 Å². The standard InChI is InChI=1S/C18H24FN5O8P/c1-9(17(27)31-10-4-29-5-10)23-33(28)30-7-18(6-19)15(26)13(25)14(32-18)11-2-3-12-16(20)21-8-22-24(11)12/h2-3,8-10,13-15,25-26H,4-7H2,1H3,(H,23,28)(H2,20,21,22)/q+1/t9-,13-,14-,15-,18+/m0/s1. The van der Waals surface area contributed by atoms with E-state index in [1.807, 2.05) is 0 Å². The molecule has 4 heterocycles. The van der Waals surface area contributed by atoms with Gasteiger partial charge < -0.3 is 30.2 Å². The fourth-order valence-corrected chi connectivity index (χ4v) is 4.36. The number of aliphatic hydroxyl groups excluding tert-OH is 2. The van der Waals surface area contributed by atoms with Crippen LogP contribution in [0.4, 0.5) is 10.2 Å². The Labute approximate surface area is 187 Å². The summed E-state index contributed by atoms with van der Waals surface area (Å²) < 4.78 is 48.6. The Morgan fingerprint density at radius 3 is 2.91 bits per heavy atom. The molecule has 2 saturated heterocycles. The van der Waals surface area contributed by atoms with Crippen molar-refractivity contribution in [3.05, 3.63) is 24.2 Å². The second-order valence-corrected chi connectivity index (χ2v) is 8.88. The molecule has 15 heteroatoms. The molecule has 0 amide bonds. The van der Waals surface area contributed by atoms with Crippen LogP contribution in [-0.4, -0.2) is 87.2 Å². The second kappa shape index (κ2) is 9.50. The van der Waals surface area contributed by atoms with Crippen LogP contribution < -0.4 is 10.8 Å². The molecule has 0 bridgehead atoms. The van der Waals surface area contributed by atoms with Crippen LogP contribution in [0, 0.1) is 0 Å². The number of aromatic nitrogens is 3. The summed E-state index contributed by atoms with van der Waals surface area (Å²) >= 11 is 0. The van der Waals surface area contributed by atoms with Crippen LogP contribution in [0.25, 0.3) is 5.52 Å². The number of hydrogen-bond donors (Lipinski definition) is 4. The first-order valence-electron chi connectivity index (χ1n) is 10.1. The second-order valence-electron chi connectivity index (χ2n) is 7.85. The van der Waals surface area contributed by atoms with Gasteiger partial charge in [0.2, 0.25) is 0 Å². The Balaban J connectivity index is 1.41. The third-order valence-corrected chi connectivity index (χ3v) is 6.49. The summed E-state index contributed by atoms with van der Waals surface area (Å²) in [4.78, 5) is 15.8. The number of nitrogen functional groups attached to an aromatic ring is 1. The zero-order valence-electron chi connectivity index (χ0n) is 17.5. The van der Waals surface area contributed by atoms with Crippen molar-refractivity contribution < 1.29 is 42.7 Å². The molecule has 0 radical (unpaired) electrons. The largest absolute Gasteiger partial charge is 0.613 e. The zero-order valence-corrected chi connectivity index (χ0v) is 18.4. The summed E-state index contributed by atoms with van der Waals surface area (Å²) in [6.45, 7) is 0.113. The maximum Gasteiger partial charge on any atom is 0.613 e. The van der Waals surface area contributed by atoms with Gasteiger partial charge in [0.1, 0.15) is 55.6 Å². The number of fused-ring (bicyclic) bond motifs is 1. The SMILES string of the molecule is C[C@H](N[P+](=O)OC[C@@]1(CF)O[C@@H](c2ccc3c(N)ncnn23)[C@H](O)[C@@H]1O)C(=O)OC1COC1. The van der Waals surface area contributed by atoms with E-state index in [2.05, 4.69) is 15.2 Å². The molecular formula is C18H24FN5O8P+. The Bertz CT molecular complexity index is 1040. The molecule has 2 aromatic rings. The Hall–Kier alpha value is -2.32. The molecule has 1 unspecified atom stereocenters. The number of carbonyl (C=O) groups is 1. The summed E-state index contributed by atoms with van der Waals surface area (Å²) in [7, 11) is -2.66. The van der Waals surface area contributed by atoms with E-state index >= 15 is 0 Å². The monoisotopic (exact) mass is 488 g/mol. The quantitative estimate of drug-likeness (QED) is 0.261. The van der Waals surface area contributed by atoms with Gasteiger partial charge >= 0.3 is 14.1 Å². The average molecular weight is 488 g/mol. The Morgan fingerprint density at radius 2 is 2.24 bits per heavy atom. The molecule has 13 nitrogen and oxygen atoms in total. The highest BCUT2D eigenvalue weighted by atomic mass is 31.1. The summed E-state index contributed by atoms with van der Waals surface area (Å²) in [6.07, 6.45) is -3.57. The minimum absolute atomic E-state index is 0.185. The summed E-state index contributed by atoms with van der Waals surface area (Å²) in [6, 6.07) is 2.18. The third-order valence-electron chi connectivity index (χ3n) is 5.53. The van der Waals surface area contributed by atoms with Gasteiger partial charge in [-0.15, -0.1) is 4.52 Å². The molecule has 2 aromatic heterocycles. The maximum absolute atomic E-state index is 14.1. The number of nitrogens with zero attached hydrogens (tertiary/aromatic N) is 3. The molecule has 33 heavy (non-hydrogen) atoms. The fraction of sp³-hybridized carbons (Fsp3) is 0.611. The van der Waals surface area contributed by atoms with Crippen molar-refractivity contribution in [3.8, 4) is 0 Å². The summed E-state index contributed by atoms with van der Waals surface area (Å²) in [5, 5.41) is 27.6. The minimum Gasteiger partial charge on any atom is -0.456 e. The molecule has 5 N–H and O–H groups in total. The number of ether oxygens (including phenoxy) is 3. The van der Waals surface area contributed by atoms with Crippen LogP contribution in [0.5, 0.6) is 0 Å². The summed E-state index contributed by atoms with van der Waals surface area (Å²) in [5.41, 5.74) is 4.54. The molecule has 0 aromatic carbocycles. The van der Waals surface area contributed by atoms with Crippen LogP contribution in [0.2, 0.25) is 0 Å². The van der Waals surface area contributed by atoms with Crippen molar-refractivity contribution in [1.29, 1.82) is 0 Å². The number of halogens is 1. The average Bonchev–Trinajstić information content (AvgIpc) is 3.30. The van der Waals surface area contributed by atoms with Gasteiger partial charge in [-0.3, -0.25) is 4.79 Å². The van der Waals surface area contributed by atoms with Gasteiger partial charge in [0, 0.05) is 0 Å². The molecule has 2 fully saturated rings. The van der Waals surface area contributed by atoms with E-state index in [9.17, 15) is 24.0 Å². The normalized spacial score (nSPS) is 29.1. The van der Waals surface area contributed by atoms with Crippen LogP contribution in [0.3, 0.4) is 0 Å². The molecule has 2 aliphatic heterocycles.